The number of carbonyl (C=O) groups excluding carboxylic acids is 2. The molecule has 0 aliphatic heterocycles. The molecule has 92 valence electrons. The summed E-state index contributed by atoms with van der Waals surface area (Å²) in [5.41, 5.74) is 10.4. The van der Waals surface area contributed by atoms with E-state index in [0.29, 0.717) is 6.54 Å². The van der Waals surface area contributed by atoms with Crippen LogP contribution in [0.2, 0.25) is 0 Å². The Morgan fingerprint density at radius 2 is 1.94 bits per heavy atom. The lowest BCUT2D eigenvalue weighted by atomic mass is 9.68. The lowest BCUT2D eigenvalue weighted by molar-refractivity contribution is -0.138. The summed E-state index contributed by atoms with van der Waals surface area (Å²) in [5, 5.41) is 2.72. The van der Waals surface area contributed by atoms with Crippen LogP contribution in [0, 0.1) is 11.3 Å². The Balaban J connectivity index is 2.65. The molecule has 0 bridgehead atoms. The Hall–Kier alpha value is -1.10. The molecule has 16 heavy (non-hydrogen) atoms. The third-order valence-electron chi connectivity index (χ3n) is 3.44. The Morgan fingerprint density at radius 3 is 2.19 bits per heavy atom. The fourth-order valence-corrected chi connectivity index (χ4v) is 1.99. The van der Waals surface area contributed by atoms with Crippen molar-refractivity contribution in [2.45, 2.75) is 39.2 Å². The number of carbonyl (C=O) groups is 2. The van der Waals surface area contributed by atoms with Crippen molar-refractivity contribution in [3.63, 3.8) is 0 Å². The molecule has 1 fully saturated rings. The number of amides is 2. The molecular weight excluding hydrogens is 206 g/mol. The lowest BCUT2D eigenvalue weighted by Gasteiger charge is -2.40. The van der Waals surface area contributed by atoms with Gasteiger partial charge in [0.25, 0.3) is 0 Å². The number of hydrogen-bond acceptors (Lipinski definition) is 3. The average molecular weight is 227 g/mol. The van der Waals surface area contributed by atoms with Crippen LogP contribution >= 0.6 is 0 Å². The quantitative estimate of drug-likeness (QED) is 0.603. The average Bonchev–Trinajstić information content (AvgIpc) is 2.12. The zero-order valence-electron chi connectivity index (χ0n) is 9.95. The molecule has 1 aliphatic carbocycles. The Bertz CT molecular complexity index is 279. The van der Waals surface area contributed by atoms with Gasteiger partial charge in [-0.15, -0.1) is 0 Å². The van der Waals surface area contributed by atoms with Gasteiger partial charge in [-0.3, -0.25) is 9.59 Å². The van der Waals surface area contributed by atoms with Crippen molar-refractivity contribution in [3.8, 4) is 0 Å². The van der Waals surface area contributed by atoms with Gasteiger partial charge in [0, 0.05) is 6.54 Å². The predicted molar refractivity (Wildman–Crippen MR) is 61.3 cm³/mol. The first-order valence-corrected chi connectivity index (χ1v) is 5.73. The van der Waals surface area contributed by atoms with Crippen molar-refractivity contribution in [1.82, 2.24) is 5.32 Å². The summed E-state index contributed by atoms with van der Waals surface area (Å²) in [5.74, 6) is -0.620. The fourth-order valence-electron chi connectivity index (χ4n) is 1.99. The van der Waals surface area contributed by atoms with Gasteiger partial charge in [0.15, 0.2) is 0 Å². The van der Waals surface area contributed by atoms with Crippen LogP contribution in [0.4, 0.5) is 0 Å². The number of hydrogen-bond donors (Lipinski definition) is 3. The maximum absolute atomic E-state index is 12.0. The van der Waals surface area contributed by atoms with Crippen molar-refractivity contribution in [2.24, 2.45) is 22.8 Å². The van der Waals surface area contributed by atoms with Crippen LogP contribution in [-0.2, 0) is 9.59 Å². The smallest absolute Gasteiger partial charge is 0.240 e. The normalized spacial score (nSPS) is 20.0. The molecular formula is C11H21N3O2. The summed E-state index contributed by atoms with van der Waals surface area (Å²) in [4.78, 5) is 23.2. The molecule has 1 aliphatic rings. The highest BCUT2D eigenvalue weighted by Crippen LogP contribution is 2.40. The maximum Gasteiger partial charge on any atom is 0.240 e. The van der Waals surface area contributed by atoms with Gasteiger partial charge in [-0.25, -0.2) is 0 Å². The fraction of sp³-hybridized carbons (Fsp3) is 0.818. The van der Waals surface area contributed by atoms with Crippen LogP contribution < -0.4 is 16.8 Å². The molecule has 0 spiro atoms. The second kappa shape index (κ2) is 4.82. The monoisotopic (exact) mass is 227 g/mol. The van der Waals surface area contributed by atoms with E-state index in [0.717, 1.165) is 19.3 Å². The van der Waals surface area contributed by atoms with Gasteiger partial charge in [0.2, 0.25) is 11.8 Å². The molecule has 1 atom stereocenters. The molecule has 0 saturated heterocycles. The highest BCUT2D eigenvalue weighted by Gasteiger charge is 2.44. The summed E-state index contributed by atoms with van der Waals surface area (Å²) in [6, 6.07) is -0.600. The van der Waals surface area contributed by atoms with Crippen LogP contribution in [0.3, 0.4) is 0 Å². The second-order valence-corrected chi connectivity index (χ2v) is 4.94. The third kappa shape index (κ3) is 2.35. The van der Waals surface area contributed by atoms with Crippen molar-refractivity contribution in [1.29, 1.82) is 0 Å². The lowest BCUT2D eigenvalue weighted by Crippen LogP contribution is -2.56. The molecule has 5 nitrogen and oxygen atoms in total. The third-order valence-corrected chi connectivity index (χ3v) is 3.44. The van der Waals surface area contributed by atoms with Gasteiger partial charge >= 0.3 is 0 Å². The summed E-state index contributed by atoms with van der Waals surface area (Å²) in [7, 11) is 0. The first-order chi connectivity index (χ1) is 7.43. The van der Waals surface area contributed by atoms with Crippen LogP contribution in [0.25, 0.3) is 0 Å². The van der Waals surface area contributed by atoms with E-state index >= 15 is 0 Å². The molecule has 0 aromatic rings. The maximum atomic E-state index is 12.0. The van der Waals surface area contributed by atoms with E-state index in [2.05, 4.69) is 5.32 Å². The van der Waals surface area contributed by atoms with Gasteiger partial charge in [-0.05, 0) is 18.8 Å². The van der Waals surface area contributed by atoms with E-state index in [4.69, 9.17) is 11.5 Å². The summed E-state index contributed by atoms with van der Waals surface area (Å²) in [6.45, 7) is 4.04. The van der Waals surface area contributed by atoms with Crippen LogP contribution in [-0.4, -0.2) is 24.4 Å². The van der Waals surface area contributed by atoms with Crippen LogP contribution in [0.1, 0.15) is 33.1 Å². The van der Waals surface area contributed by atoms with Gasteiger partial charge in [-0.2, -0.15) is 0 Å². The van der Waals surface area contributed by atoms with E-state index < -0.39 is 17.4 Å². The highest BCUT2D eigenvalue weighted by atomic mass is 16.2. The predicted octanol–water partition coefficient (Wildman–Crippen LogP) is -0.258. The summed E-state index contributed by atoms with van der Waals surface area (Å²) >= 11 is 0. The minimum absolute atomic E-state index is 0.00338. The van der Waals surface area contributed by atoms with Crippen molar-refractivity contribution < 1.29 is 9.59 Å². The zero-order chi connectivity index (χ0) is 12.3. The second-order valence-electron chi connectivity index (χ2n) is 4.94. The summed E-state index contributed by atoms with van der Waals surface area (Å²) in [6.07, 6.45) is 2.63. The van der Waals surface area contributed by atoms with Crippen molar-refractivity contribution in [2.75, 3.05) is 6.54 Å². The van der Waals surface area contributed by atoms with E-state index in [1.54, 1.807) is 0 Å². The molecule has 0 radical (unpaired) electrons. The van der Waals surface area contributed by atoms with E-state index in [1.807, 2.05) is 13.8 Å². The molecule has 1 rings (SSSR count). The van der Waals surface area contributed by atoms with Crippen LogP contribution in [0.15, 0.2) is 0 Å². The Morgan fingerprint density at radius 1 is 1.38 bits per heavy atom. The molecule has 5 N–H and O–H groups in total. The van der Waals surface area contributed by atoms with Crippen molar-refractivity contribution >= 4 is 11.8 Å². The van der Waals surface area contributed by atoms with Gasteiger partial charge < -0.3 is 16.8 Å². The largest absolute Gasteiger partial charge is 0.368 e. The molecule has 0 aromatic carbocycles. The minimum Gasteiger partial charge on any atom is -0.368 e. The first-order valence-electron chi connectivity index (χ1n) is 5.73. The molecule has 1 saturated carbocycles. The zero-order valence-corrected chi connectivity index (χ0v) is 9.95. The van der Waals surface area contributed by atoms with E-state index in [-0.39, 0.29) is 11.8 Å². The minimum atomic E-state index is -0.600. The van der Waals surface area contributed by atoms with E-state index in [1.165, 1.54) is 0 Å². The number of nitrogens with two attached hydrogens (primary N) is 2. The van der Waals surface area contributed by atoms with E-state index in [9.17, 15) is 9.59 Å². The SMILES string of the molecule is CC(C)C(NC(=O)C1(CN)CCC1)C(N)=O. The van der Waals surface area contributed by atoms with Crippen molar-refractivity contribution in [3.05, 3.63) is 0 Å². The number of rotatable bonds is 5. The number of nitrogens with one attached hydrogen (secondary N) is 1. The molecule has 0 heterocycles. The molecule has 1 unspecified atom stereocenters. The standard InChI is InChI=1S/C11H21N3O2/c1-7(2)8(9(13)15)14-10(16)11(6-12)4-3-5-11/h7-8H,3-6,12H2,1-2H3,(H2,13,15)(H,14,16). The number of primary amides is 1. The Kier molecular flexibility index (Phi) is 3.91. The molecule has 2 amide bonds. The topological polar surface area (TPSA) is 98.2 Å². The molecule has 5 heteroatoms. The van der Waals surface area contributed by atoms with Crippen LogP contribution in [0.5, 0.6) is 0 Å². The first kappa shape index (κ1) is 13.0. The van der Waals surface area contributed by atoms with Gasteiger partial charge in [-0.1, -0.05) is 20.3 Å². The highest BCUT2D eigenvalue weighted by molar-refractivity contribution is 5.90. The van der Waals surface area contributed by atoms with Gasteiger partial charge in [0.05, 0.1) is 5.41 Å². The van der Waals surface area contributed by atoms with Gasteiger partial charge in [0.1, 0.15) is 6.04 Å². The Labute approximate surface area is 95.9 Å². The summed E-state index contributed by atoms with van der Waals surface area (Å²) < 4.78 is 0. The molecule has 0 aromatic heterocycles.